The Morgan fingerprint density at radius 1 is 1.33 bits per heavy atom. The lowest BCUT2D eigenvalue weighted by molar-refractivity contribution is 0.413. The van der Waals surface area contributed by atoms with E-state index in [1.54, 1.807) is 0 Å². The van der Waals surface area contributed by atoms with E-state index >= 15 is 0 Å². The zero-order chi connectivity index (χ0) is 8.97. The van der Waals surface area contributed by atoms with Gasteiger partial charge in [0, 0.05) is 18.9 Å². The highest BCUT2D eigenvalue weighted by Crippen LogP contribution is 2.01. The maximum atomic E-state index is 4.14. The van der Waals surface area contributed by atoms with Crippen molar-refractivity contribution in [2.75, 3.05) is 20.6 Å². The number of aromatic nitrogens is 1. The minimum Gasteiger partial charge on any atom is -0.309 e. The largest absolute Gasteiger partial charge is 0.309 e. The average Bonchev–Trinajstić information content (AvgIpc) is 2.01. The number of aryl methyl sites for hydroxylation is 1. The molecule has 0 saturated heterocycles. The molecular weight excluding hydrogens is 148 g/mol. The molecule has 0 aliphatic rings. The van der Waals surface area contributed by atoms with Crippen LogP contribution in [0.5, 0.6) is 0 Å². The van der Waals surface area contributed by atoms with Gasteiger partial charge in [0.1, 0.15) is 0 Å². The summed E-state index contributed by atoms with van der Waals surface area (Å²) in [5, 5.41) is 0. The summed E-state index contributed by atoms with van der Waals surface area (Å²) in [5.74, 6) is 0. The molecule has 1 aromatic heterocycles. The van der Waals surface area contributed by atoms with Crippen LogP contribution in [0.2, 0.25) is 0 Å². The van der Waals surface area contributed by atoms with E-state index in [-0.39, 0.29) is 0 Å². The molecule has 0 N–H and O–H groups in total. The minimum atomic E-state index is 1.08. The molecule has 0 spiro atoms. The van der Waals surface area contributed by atoms with E-state index < -0.39 is 0 Å². The first kappa shape index (κ1) is 9.20. The molecule has 66 valence electrons. The van der Waals surface area contributed by atoms with Crippen LogP contribution in [0, 0.1) is 6.92 Å². The van der Waals surface area contributed by atoms with E-state index in [1.165, 1.54) is 11.1 Å². The maximum absolute atomic E-state index is 4.14. The van der Waals surface area contributed by atoms with Crippen molar-refractivity contribution < 1.29 is 0 Å². The second-order valence-corrected chi connectivity index (χ2v) is 3.42. The van der Waals surface area contributed by atoms with Gasteiger partial charge >= 0.3 is 0 Å². The highest BCUT2D eigenvalue weighted by atomic mass is 15.0. The van der Waals surface area contributed by atoms with Crippen LogP contribution in [0.15, 0.2) is 18.5 Å². The first-order chi connectivity index (χ1) is 5.68. The van der Waals surface area contributed by atoms with Gasteiger partial charge in [0.05, 0.1) is 0 Å². The summed E-state index contributed by atoms with van der Waals surface area (Å²) in [6, 6.07) is 2.19. The number of hydrogen-bond acceptors (Lipinski definition) is 2. The van der Waals surface area contributed by atoms with E-state index in [1.807, 2.05) is 12.4 Å². The quantitative estimate of drug-likeness (QED) is 0.673. The van der Waals surface area contributed by atoms with Gasteiger partial charge in [-0.25, -0.2) is 0 Å². The molecular formula is C10H16N2. The third kappa shape index (κ3) is 3.01. The Morgan fingerprint density at radius 2 is 2.08 bits per heavy atom. The summed E-state index contributed by atoms with van der Waals surface area (Å²) >= 11 is 0. The topological polar surface area (TPSA) is 16.1 Å². The second-order valence-electron chi connectivity index (χ2n) is 3.42. The second kappa shape index (κ2) is 4.21. The predicted molar refractivity (Wildman–Crippen MR) is 51.2 cm³/mol. The van der Waals surface area contributed by atoms with E-state index in [4.69, 9.17) is 0 Å². The van der Waals surface area contributed by atoms with Gasteiger partial charge in [-0.05, 0) is 38.6 Å². The molecule has 0 bridgehead atoms. The first-order valence-corrected chi connectivity index (χ1v) is 4.24. The lowest BCUT2D eigenvalue weighted by Gasteiger charge is -2.08. The van der Waals surface area contributed by atoms with Crippen molar-refractivity contribution in [3.63, 3.8) is 0 Å². The Balaban J connectivity index is 2.52. The van der Waals surface area contributed by atoms with Crippen LogP contribution in [-0.4, -0.2) is 30.5 Å². The molecule has 12 heavy (non-hydrogen) atoms. The lowest BCUT2D eigenvalue weighted by Crippen LogP contribution is -2.15. The van der Waals surface area contributed by atoms with Gasteiger partial charge in [-0.1, -0.05) is 6.07 Å². The number of rotatable bonds is 3. The molecule has 0 fully saturated rings. The zero-order valence-corrected chi connectivity index (χ0v) is 8.04. The Morgan fingerprint density at radius 3 is 2.67 bits per heavy atom. The monoisotopic (exact) mass is 164 g/mol. The zero-order valence-electron chi connectivity index (χ0n) is 8.04. The predicted octanol–water partition coefficient (Wildman–Crippen LogP) is 1.49. The Labute approximate surface area is 74.2 Å². The van der Waals surface area contributed by atoms with Crippen molar-refractivity contribution in [1.82, 2.24) is 9.88 Å². The molecule has 0 aromatic carbocycles. The van der Waals surface area contributed by atoms with Crippen LogP contribution in [0.4, 0.5) is 0 Å². The highest BCUT2D eigenvalue weighted by molar-refractivity contribution is 5.16. The number of nitrogens with zero attached hydrogens (tertiary/aromatic N) is 2. The molecule has 0 amide bonds. The van der Waals surface area contributed by atoms with E-state index in [0.29, 0.717) is 0 Å². The molecule has 0 saturated carbocycles. The minimum absolute atomic E-state index is 1.08. The highest BCUT2D eigenvalue weighted by Gasteiger charge is 1.94. The molecule has 2 nitrogen and oxygen atoms in total. The standard InChI is InChI=1S/C10H16N2/c1-9-6-10(8-11-7-9)4-5-12(2)3/h6-8H,4-5H2,1-3H3. The summed E-state index contributed by atoms with van der Waals surface area (Å²) in [6.45, 7) is 3.16. The molecule has 0 aliphatic carbocycles. The van der Waals surface area contributed by atoms with Gasteiger partial charge in [-0.2, -0.15) is 0 Å². The summed E-state index contributed by atoms with van der Waals surface area (Å²) in [7, 11) is 4.17. The van der Waals surface area contributed by atoms with Crippen molar-refractivity contribution in [3.05, 3.63) is 29.6 Å². The van der Waals surface area contributed by atoms with E-state index in [2.05, 4.69) is 37.0 Å². The van der Waals surface area contributed by atoms with Gasteiger partial charge in [-0.3, -0.25) is 4.98 Å². The molecule has 0 unspecified atom stereocenters. The molecule has 0 radical (unpaired) electrons. The van der Waals surface area contributed by atoms with Gasteiger partial charge in [0.25, 0.3) is 0 Å². The SMILES string of the molecule is Cc1cncc(CCN(C)C)c1. The van der Waals surface area contributed by atoms with Crippen molar-refractivity contribution in [1.29, 1.82) is 0 Å². The average molecular weight is 164 g/mol. The fraction of sp³-hybridized carbons (Fsp3) is 0.500. The van der Waals surface area contributed by atoms with Crippen LogP contribution in [0.25, 0.3) is 0 Å². The van der Waals surface area contributed by atoms with Gasteiger partial charge in [-0.15, -0.1) is 0 Å². The maximum Gasteiger partial charge on any atom is 0.0300 e. The van der Waals surface area contributed by atoms with Gasteiger partial charge in [0.2, 0.25) is 0 Å². The fourth-order valence-electron chi connectivity index (χ4n) is 1.11. The summed E-state index contributed by atoms with van der Waals surface area (Å²) in [4.78, 5) is 6.33. The van der Waals surface area contributed by atoms with Crippen molar-refractivity contribution >= 4 is 0 Å². The Hall–Kier alpha value is -0.890. The van der Waals surface area contributed by atoms with Crippen LogP contribution in [0.1, 0.15) is 11.1 Å². The van der Waals surface area contributed by atoms with Crippen LogP contribution < -0.4 is 0 Å². The number of hydrogen-bond donors (Lipinski definition) is 0. The lowest BCUT2D eigenvalue weighted by atomic mass is 10.1. The van der Waals surface area contributed by atoms with Crippen molar-refractivity contribution in [2.45, 2.75) is 13.3 Å². The molecule has 1 rings (SSSR count). The molecule has 1 aromatic rings. The summed E-state index contributed by atoms with van der Waals surface area (Å²) in [6.07, 6.45) is 4.91. The van der Waals surface area contributed by atoms with Gasteiger partial charge in [0.15, 0.2) is 0 Å². The molecule has 0 atom stereocenters. The van der Waals surface area contributed by atoms with Crippen LogP contribution in [0.3, 0.4) is 0 Å². The van der Waals surface area contributed by atoms with Crippen molar-refractivity contribution in [2.24, 2.45) is 0 Å². The molecule has 0 aliphatic heterocycles. The third-order valence-corrected chi connectivity index (χ3v) is 1.78. The smallest absolute Gasteiger partial charge is 0.0300 e. The first-order valence-electron chi connectivity index (χ1n) is 4.24. The Bertz CT molecular complexity index is 243. The number of pyridine rings is 1. The van der Waals surface area contributed by atoms with Crippen molar-refractivity contribution in [3.8, 4) is 0 Å². The summed E-state index contributed by atoms with van der Waals surface area (Å²) in [5.41, 5.74) is 2.56. The third-order valence-electron chi connectivity index (χ3n) is 1.78. The number of likely N-dealkylation sites (N-methyl/N-ethyl adjacent to an activating group) is 1. The van der Waals surface area contributed by atoms with Crippen LogP contribution >= 0.6 is 0 Å². The molecule has 2 heteroatoms. The van der Waals surface area contributed by atoms with Gasteiger partial charge < -0.3 is 4.90 Å². The summed E-state index contributed by atoms with van der Waals surface area (Å²) < 4.78 is 0. The molecule has 1 heterocycles. The van der Waals surface area contributed by atoms with E-state index in [0.717, 1.165) is 13.0 Å². The Kier molecular flexibility index (Phi) is 3.23. The van der Waals surface area contributed by atoms with E-state index in [9.17, 15) is 0 Å². The normalized spacial score (nSPS) is 10.7. The van der Waals surface area contributed by atoms with Crippen LogP contribution in [-0.2, 0) is 6.42 Å². The fourth-order valence-corrected chi connectivity index (χ4v) is 1.11.